The number of hydrogen-bond donors (Lipinski definition) is 1. The average molecular weight is 152 g/mol. The van der Waals surface area contributed by atoms with Crippen molar-refractivity contribution >= 4 is 5.97 Å². The summed E-state index contributed by atoms with van der Waals surface area (Å²) in [5.74, 6) is -1.02. The van der Waals surface area contributed by atoms with Crippen LogP contribution in [-0.4, -0.2) is 11.1 Å². The van der Waals surface area contributed by atoms with E-state index in [1.807, 2.05) is 13.8 Å². The van der Waals surface area contributed by atoms with E-state index in [-0.39, 0.29) is 5.57 Å². The van der Waals surface area contributed by atoms with Gasteiger partial charge in [0, 0.05) is 0 Å². The van der Waals surface area contributed by atoms with E-state index in [1.54, 1.807) is 6.08 Å². The molecule has 0 fully saturated rings. The molecule has 0 aliphatic heterocycles. The first kappa shape index (κ1) is 9.69. The summed E-state index contributed by atoms with van der Waals surface area (Å²) in [6, 6.07) is 0. The van der Waals surface area contributed by atoms with Crippen LogP contribution >= 0.6 is 0 Å². The zero-order valence-corrected chi connectivity index (χ0v) is 6.85. The van der Waals surface area contributed by atoms with Crippen LogP contribution < -0.4 is 0 Å². The minimum absolute atomic E-state index is 0.0474. The monoisotopic (exact) mass is 152 g/mol. The van der Waals surface area contributed by atoms with Gasteiger partial charge in [0.1, 0.15) is 0 Å². The van der Waals surface area contributed by atoms with Crippen LogP contribution in [0.4, 0.5) is 0 Å². The first-order valence-corrected chi connectivity index (χ1v) is 3.21. The van der Waals surface area contributed by atoms with Crippen molar-refractivity contribution in [1.82, 2.24) is 0 Å². The lowest BCUT2D eigenvalue weighted by Crippen LogP contribution is -1.99. The second kappa shape index (κ2) is 3.76. The Bertz CT molecular complexity index is 230. The summed E-state index contributed by atoms with van der Waals surface area (Å²) in [6.07, 6.45) is 1.69. The Labute approximate surface area is 66.5 Å². The molecule has 0 amide bonds. The van der Waals surface area contributed by atoms with Gasteiger partial charge in [-0.1, -0.05) is 24.8 Å². The molecular formula is C9H12O2. The Hall–Kier alpha value is -1.31. The summed E-state index contributed by atoms with van der Waals surface area (Å²) < 4.78 is 0. The maximum absolute atomic E-state index is 10.3. The van der Waals surface area contributed by atoms with Gasteiger partial charge in [-0.25, -0.2) is 4.79 Å². The van der Waals surface area contributed by atoms with Crippen molar-refractivity contribution in [3.05, 3.63) is 36.0 Å². The number of carbonyl (C=O) groups is 1. The lowest BCUT2D eigenvalue weighted by Gasteiger charge is -1.98. The molecule has 0 aliphatic rings. The van der Waals surface area contributed by atoms with E-state index in [2.05, 4.69) is 13.2 Å². The topological polar surface area (TPSA) is 37.3 Å². The molecule has 0 aliphatic carbocycles. The van der Waals surface area contributed by atoms with Crippen LogP contribution in [0.1, 0.15) is 13.8 Å². The number of allylic oxidation sites excluding steroid dienone is 2. The van der Waals surface area contributed by atoms with Gasteiger partial charge in [-0.3, -0.25) is 0 Å². The van der Waals surface area contributed by atoms with Crippen LogP contribution in [-0.2, 0) is 4.79 Å². The molecule has 0 radical (unpaired) electrons. The Morgan fingerprint density at radius 3 is 2.09 bits per heavy atom. The normalized spacial score (nSPS) is 8.55. The van der Waals surface area contributed by atoms with Crippen molar-refractivity contribution in [2.24, 2.45) is 0 Å². The van der Waals surface area contributed by atoms with Gasteiger partial charge >= 0.3 is 5.97 Å². The number of rotatable bonds is 3. The van der Waals surface area contributed by atoms with E-state index in [0.717, 1.165) is 5.57 Å². The fraction of sp³-hybridized carbons (Fsp3) is 0.222. The quantitative estimate of drug-likeness (QED) is 0.497. The van der Waals surface area contributed by atoms with Crippen molar-refractivity contribution in [3.63, 3.8) is 0 Å². The highest BCUT2D eigenvalue weighted by atomic mass is 16.4. The first-order valence-electron chi connectivity index (χ1n) is 3.21. The van der Waals surface area contributed by atoms with E-state index < -0.39 is 5.97 Å². The fourth-order valence-electron chi connectivity index (χ4n) is 0.573. The SMILES string of the molecule is C=C(C=C(C)C)C(=C)C(=O)O. The second-order valence-electron chi connectivity index (χ2n) is 2.53. The zero-order valence-electron chi connectivity index (χ0n) is 6.85. The molecule has 0 rings (SSSR count). The van der Waals surface area contributed by atoms with E-state index in [4.69, 9.17) is 5.11 Å². The lowest BCUT2D eigenvalue weighted by atomic mass is 10.1. The standard InChI is InChI=1S/C9H12O2/c1-6(2)5-7(3)8(4)9(10)11/h5H,3-4H2,1-2H3,(H,10,11). The van der Waals surface area contributed by atoms with Gasteiger partial charge in [-0.05, 0) is 19.4 Å². The van der Waals surface area contributed by atoms with Crippen molar-refractivity contribution < 1.29 is 9.90 Å². The predicted molar refractivity (Wildman–Crippen MR) is 45.3 cm³/mol. The molecule has 1 N–H and O–H groups in total. The smallest absolute Gasteiger partial charge is 0.335 e. The second-order valence-corrected chi connectivity index (χ2v) is 2.53. The van der Waals surface area contributed by atoms with Gasteiger partial charge in [0.15, 0.2) is 0 Å². The van der Waals surface area contributed by atoms with Crippen LogP contribution in [0.15, 0.2) is 36.0 Å². The molecule has 2 heteroatoms. The third-order valence-electron chi connectivity index (χ3n) is 1.11. The third kappa shape index (κ3) is 3.40. The minimum Gasteiger partial charge on any atom is -0.478 e. The summed E-state index contributed by atoms with van der Waals surface area (Å²) >= 11 is 0. The molecular weight excluding hydrogens is 140 g/mol. The van der Waals surface area contributed by atoms with Gasteiger partial charge in [0.05, 0.1) is 5.57 Å². The largest absolute Gasteiger partial charge is 0.478 e. The molecule has 0 bridgehead atoms. The molecule has 0 saturated heterocycles. The maximum atomic E-state index is 10.3. The van der Waals surface area contributed by atoms with Gasteiger partial charge in [0.2, 0.25) is 0 Å². The molecule has 0 aromatic heterocycles. The molecule has 0 heterocycles. The van der Waals surface area contributed by atoms with Crippen LogP contribution in [0.3, 0.4) is 0 Å². The molecule has 60 valence electrons. The highest BCUT2D eigenvalue weighted by Gasteiger charge is 2.04. The molecule has 0 aromatic rings. The first-order chi connectivity index (χ1) is 4.95. The Morgan fingerprint density at radius 1 is 1.36 bits per heavy atom. The molecule has 0 spiro atoms. The van der Waals surface area contributed by atoms with E-state index in [0.29, 0.717) is 5.57 Å². The number of carboxylic acid groups (broad SMARTS) is 1. The van der Waals surface area contributed by atoms with Gasteiger partial charge in [-0.2, -0.15) is 0 Å². The van der Waals surface area contributed by atoms with Crippen molar-refractivity contribution in [3.8, 4) is 0 Å². The van der Waals surface area contributed by atoms with Crippen molar-refractivity contribution in [2.75, 3.05) is 0 Å². The Kier molecular flexibility index (Phi) is 3.31. The predicted octanol–water partition coefficient (Wildman–Crippen LogP) is 2.15. The summed E-state index contributed by atoms with van der Waals surface area (Å²) in [5.41, 5.74) is 1.51. The molecule has 0 saturated carbocycles. The van der Waals surface area contributed by atoms with E-state index in [9.17, 15) is 4.79 Å². The molecule has 11 heavy (non-hydrogen) atoms. The summed E-state index contributed by atoms with van der Waals surface area (Å²) in [6.45, 7) is 10.7. The average Bonchev–Trinajstić information content (AvgIpc) is 1.84. The summed E-state index contributed by atoms with van der Waals surface area (Å²) in [7, 11) is 0. The highest BCUT2D eigenvalue weighted by Crippen LogP contribution is 2.08. The van der Waals surface area contributed by atoms with Gasteiger partial charge < -0.3 is 5.11 Å². The van der Waals surface area contributed by atoms with Crippen LogP contribution in [0.25, 0.3) is 0 Å². The summed E-state index contributed by atoms with van der Waals surface area (Å²) in [5, 5.41) is 8.48. The fourth-order valence-corrected chi connectivity index (χ4v) is 0.573. The molecule has 0 unspecified atom stereocenters. The Morgan fingerprint density at radius 2 is 1.82 bits per heavy atom. The van der Waals surface area contributed by atoms with Gasteiger partial charge in [-0.15, -0.1) is 0 Å². The lowest BCUT2D eigenvalue weighted by molar-refractivity contribution is -0.132. The van der Waals surface area contributed by atoms with Crippen LogP contribution in [0.2, 0.25) is 0 Å². The number of hydrogen-bond acceptors (Lipinski definition) is 1. The molecule has 2 nitrogen and oxygen atoms in total. The zero-order chi connectivity index (χ0) is 9.02. The van der Waals surface area contributed by atoms with E-state index >= 15 is 0 Å². The van der Waals surface area contributed by atoms with Crippen LogP contribution in [0, 0.1) is 0 Å². The summed E-state index contributed by atoms with van der Waals surface area (Å²) in [4.78, 5) is 10.3. The molecule has 0 aromatic carbocycles. The number of aliphatic carboxylic acids is 1. The molecule has 0 atom stereocenters. The highest BCUT2D eigenvalue weighted by molar-refractivity contribution is 5.91. The third-order valence-corrected chi connectivity index (χ3v) is 1.11. The van der Waals surface area contributed by atoms with E-state index in [1.165, 1.54) is 0 Å². The maximum Gasteiger partial charge on any atom is 0.335 e. The minimum atomic E-state index is -1.02. The number of carboxylic acids is 1. The van der Waals surface area contributed by atoms with Crippen molar-refractivity contribution in [2.45, 2.75) is 13.8 Å². The van der Waals surface area contributed by atoms with Crippen molar-refractivity contribution in [1.29, 1.82) is 0 Å². The van der Waals surface area contributed by atoms with Gasteiger partial charge in [0.25, 0.3) is 0 Å². The van der Waals surface area contributed by atoms with Crippen LogP contribution in [0.5, 0.6) is 0 Å². The Balaban J connectivity index is 4.41.